The van der Waals surface area contributed by atoms with E-state index in [1.807, 2.05) is 0 Å². The maximum absolute atomic E-state index is 5.00. The van der Waals surface area contributed by atoms with Gasteiger partial charge in [-0.2, -0.15) is 0 Å². The van der Waals surface area contributed by atoms with Gasteiger partial charge in [0.05, 0.1) is 6.61 Å². The van der Waals surface area contributed by atoms with Crippen LogP contribution in [0.15, 0.2) is 24.3 Å². The molecular weight excluding hydrogens is 188 g/mol. The lowest BCUT2D eigenvalue weighted by Crippen LogP contribution is -2.17. The van der Waals surface area contributed by atoms with Gasteiger partial charge in [-0.15, -0.1) is 0 Å². The number of nitrogens with two attached hydrogens (primary N) is 1. The first-order chi connectivity index (χ1) is 7.40. The first-order valence-corrected chi connectivity index (χ1v) is 5.56. The normalized spacial score (nSPS) is 15.9. The van der Waals surface area contributed by atoms with Crippen LogP contribution in [0.25, 0.3) is 0 Å². The zero-order valence-electron chi connectivity index (χ0n) is 8.98. The van der Waals surface area contributed by atoms with Crippen LogP contribution in [0.1, 0.15) is 18.4 Å². The number of anilines is 1. The van der Waals surface area contributed by atoms with Crippen LogP contribution in [0.4, 0.5) is 5.69 Å². The molecule has 1 fully saturated rings. The first-order valence-electron chi connectivity index (χ1n) is 5.56. The highest BCUT2D eigenvalue weighted by molar-refractivity contribution is 5.48. The van der Waals surface area contributed by atoms with E-state index in [4.69, 9.17) is 5.90 Å². The van der Waals surface area contributed by atoms with E-state index >= 15 is 0 Å². The summed E-state index contributed by atoms with van der Waals surface area (Å²) in [4.78, 5) is 7.00. The lowest BCUT2D eigenvalue weighted by Gasteiger charge is -2.17. The predicted octanol–water partition coefficient (Wildman–Crippen LogP) is 1.72. The summed E-state index contributed by atoms with van der Waals surface area (Å²) in [5, 5.41) is 0. The SMILES string of the molecule is NOCCc1ccc(N2CCCC2)cc1. The molecule has 0 aromatic heterocycles. The average Bonchev–Trinajstić information content (AvgIpc) is 2.80. The fourth-order valence-corrected chi connectivity index (χ4v) is 2.03. The minimum atomic E-state index is 0.586. The largest absolute Gasteiger partial charge is 0.372 e. The van der Waals surface area contributed by atoms with Crippen molar-refractivity contribution < 1.29 is 4.84 Å². The summed E-state index contributed by atoms with van der Waals surface area (Å²) in [5.74, 6) is 5.00. The Morgan fingerprint density at radius 2 is 1.80 bits per heavy atom. The van der Waals surface area contributed by atoms with Crippen LogP contribution in [0.3, 0.4) is 0 Å². The van der Waals surface area contributed by atoms with Gasteiger partial charge in [0, 0.05) is 18.8 Å². The molecule has 0 unspecified atom stereocenters. The predicted molar refractivity (Wildman–Crippen MR) is 61.7 cm³/mol. The summed E-state index contributed by atoms with van der Waals surface area (Å²) in [6.45, 7) is 2.99. The smallest absolute Gasteiger partial charge is 0.0719 e. The monoisotopic (exact) mass is 206 g/mol. The van der Waals surface area contributed by atoms with Crippen LogP contribution < -0.4 is 10.8 Å². The zero-order chi connectivity index (χ0) is 10.5. The van der Waals surface area contributed by atoms with Crippen molar-refractivity contribution >= 4 is 5.69 Å². The quantitative estimate of drug-likeness (QED) is 0.762. The molecule has 0 spiro atoms. The highest BCUT2D eigenvalue weighted by Crippen LogP contribution is 2.20. The zero-order valence-corrected chi connectivity index (χ0v) is 8.98. The number of hydrogen-bond donors (Lipinski definition) is 1. The van der Waals surface area contributed by atoms with Crippen LogP contribution in [-0.2, 0) is 11.3 Å². The molecular formula is C12H18N2O. The van der Waals surface area contributed by atoms with Crippen molar-refractivity contribution in [2.45, 2.75) is 19.3 Å². The molecule has 1 saturated heterocycles. The molecule has 1 aromatic rings. The Kier molecular flexibility index (Phi) is 3.59. The Balaban J connectivity index is 1.96. The van der Waals surface area contributed by atoms with E-state index in [-0.39, 0.29) is 0 Å². The lowest BCUT2D eigenvalue weighted by molar-refractivity contribution is 0.141. The van der Waals surface area contributed by atoms with Gasteiger partial charge >= 0.3 is 0 Å². The van der Waals surface area contributed by atoms with Crippen molar-refractivity contribution in [2.75, 3.05) is 24.6 Å². The van der Waals surface area contributed by atoms with E-state index in [0.29, 0.717) is 6.61 Å². The second-order valence-electron chi connectivity index (χ2n) is 3.98. The Morgan fingerprint density at radius 1 is 1.13 bits per heavy atom. The van der Waals surface area contributed by atoms with E-state index in [1.165, 1.54) is 37.2 Å². The molecule has 2 rings (SSSR count). The topological polar surface area (TPSA) is 38.5 Å². The molecule has 0 amide bonds. The molecule has 0 atom stereocenters. The van der Waals surface area contributed by atoms with Crippen molar-refractivity contribution in [2.24, 2.45) is 5.90 Å². The average molecular weight is 206 g/mol. The highest BCUT2D eigenvalue weighted by atomic mass is 16.6. The Morgan fingerprint density at radius 3 is 2.40 bits per heavy atom. The van der Waals surface area contributed by atoms with Gasteiger partial charge in [-0.25, -0.2) is 5.90 Å². The van der Waals surface area contributed by atoms with Crippen molar-refractivity contribution in [1.82, 2.24) is 0 Å². The summed E-state index contributed by atoms with van der Waals surface area (Å²) < 4.78 is 0. The fourth-order valence-electron chi connectivity index (χ4n) is 2.03. The third-order valence-electron chi connectivity index (χ3n) is 2.92. The molecule has 3 heteroatoms. The van der Waals surface area contributed by atoms with E-state index < -0.39 is 0 Å². The van der Waals surface area contributed by atoms with Crippen molar-refractivity contribution in [3.8, 4) is 0 Å². The van der Waals surface area contributed by atoms with Crippen molar-refractivity contribution in [3.05, 3.63) is 29.8 Å². The molecule has 0 aliphatic carbocycles. The number of nitrogens with zero attached hydrogens (tertiary/aromatic N) is 1. The highest BCUT2D eigenvalue weighted by Gasteiger charge is 2.11. The van der Waals surface area contributed by atoms with E-state index in [1.54, 1.807) is 0 Å². The van der Waals surface area contributed by atoms with Crippen LogP contribution >= 0.6 is 0 Å². The van der Waals surface area contributed by atoms with Crippen LogP contribution in [0, 0.1) is 0 Å². The second kappa shape index (κ2) is 5.14. The molecule has 1 aliphatic rings. The maximum Gasteiger partial charge on any atom is 0.0719 e. The van der Waals surface area contributed by atoms with E-state index in [0.717, 1.165) is 6.42 Å². The van der Waals surface area contributed by atoms with Gasteiger partial charge in [-0.3, -0.25) is 0 Å². The van der Waals surface area contributed by atoms with Gasteiger partial charge in [0.25, 0.3) is 0 Å². The Labute approximate surface area is 90.8 Å². The van der Waals surface area contributed by atoms with Gasteiger partial charge in [0.15, 0.2) is 0 Å². The molecule has 1 aromatic carbocycles. The Bertz CT molecular complexity index is 291. The molecule has 0 saturated carbocycles. The third kappa shape index (κ3) is 2.70. The van der Waals surface area contributed by atoms with Gasteiger partial charge in [-0.05, 0) is 37.0 Å². The van der Waals surface area contributed by atoms with Crippen LogP contribution in [0.2, 0.25) is 0 Å². The summed E-state index contributed by atoms with van der Waals surface area (Å²) in [6.07, 6.45) is 3.53. The molecule has 0 radical (unpaired) electrons. The van der Waals surface area contributed by atoms with Crippen molar-refractivity contribution in [1.29, 1.82) is 0 Å². The summed E-state index contributed by atoms with van der Waals surface area (Å²) in [5.41, 5.74) is 2.62. The van der Waals surface area contributed by atoms with E-state index in [9.17, 15) is 0 Å². The standard InChI is InChI=1S/C12H18N2O/c13-15-10-7-11-3-5-12(6-4-11)14-8-1-2-9-14/h3-6H,1-2,7-10,13H2. The van der Waals surface area contributed by atoms with Gasteiger partial charge in [0.1, 0.15) is 0 Å². The molecule has 15 heavy (non-hydrogen) atoms. The van der Waals surface area contributed by atoms with Gasteiger partial charge in [-0.1, -0.05) is 12.1 Å². The molecule has 1 aliphatic heterocycles. The summed E-state index contributed by atoms with van der Waals surface area (Å²) >= 11 is 0. The van der Waals surface area contributed by atoms with Crippen LogP contribution in [-0.4, -0.2) is 19.7 Å². The minimum Gasteiger partial charge on any atom is -0.372 e. The molecule has 82 valence electrons. The fraction of sp³-hybridized carbons (Fsp3) is 0.500. The Hall–Kier alpha value is -1.06. The number of rotatable bonds is 4. The third-order valence-corrected chi connectivity index (χ3v) is 2.92. The molecule has 1 heterocycles. The molecule has 3 nitrogen and oxygen atoms in total. The maximum atomic E-state index is 5.00. The second-order valence-corrected chi connectivity index (χ2v) is 3.98. The van der Waals surface area contributed by atoms with Gasteiger partial charge in [0.2, 0.25) is 0 Å². The summed E-state index contributed by atoms with van der Waals surface area (Å²) in [7, 11) is 0. The molecule has 2 N–H and O–H groups in total. The van der Waals surface area contributed by atoms with E-state index in [2.05, 4.69) is 34.0 Å². The molecule has 0 bridgehead atoms. The summed E-state index contributed by atoms with van der Waals surface area (Å²) in [6, 6.07) is 8.70. The minimum absolute atomic E-state index is 0.586. The van der Waals surface area contributed by atoms with Gasteiger partial charge < -0.3 is 9.74 Å². The van der Waals surface area contributed by atoms with Crippen LogP contribution in [0.5, 0.6) is 0 Å². The first kappa shape index (κ1) is 10.5. The number of benzene rings is 1. The lowest BCUT2D eigenvalue weighted by atomic mass is 10.1. The van der Waals surface area contributed by atoms with Crippen molar-refractivity contribution in [3.63, 3.8) is 0 Å². The number of hydrogen-bond acceptors (Lipinski definition) is 3.